The molecule has 0 unspecified atom stereocenters. The lowest BCUT2D eigenvalue weighted by Gasteiger charge is -2.17. The third-order valence-corrected chi connectivity index (χ3v) is 3.61. The van der Waals surface area contributed by atoms with Crippen LogP contribution in [0.15, 0.2) is 35.2 Å². The van der Waals surface area contributed by atoms with E-state index in [0.29, 0.717) is 12.8 Å². The van der Waals surface area contributed by atoms with Crippen molar-refractivity contribution in [1.29, 1.82) is 0 Å². The number of carboxylic acid groups (broad SMARTS) is 1. The van der Waals surface area contributed by atoms with Crippen LogP contribution < -0.4 is 0 Å². The van der Waals surface area contributed by atoms with Gasteiger partial charge < -0.3 is 10.0 Å². The largest absolute Gasteiger partial charge is 0.480 e. The molecule has 1 amide bonds. The van der Waals surface area contributed by atoms with Crippen molar-refractivity contribution in [3.63, 3.8) is 0 Å². The molecular weight excluding hydrogens is 274 g/mol. The summed E-state index contributed by atoms with van der Waals surface area (Å²) in [5.74, 6) is 1.86. The molecule has 1 aromatic carbocycles. The molecule has 0 aliphatic heterocycles. The normalized spacial score (nSPS) is 9.75. The first kappa shape index (κ1) is 16.1. The van der Waals surface area contributed by atoms with Crippen LogP contribution in [-0.4, -0.2) is 40.7 Å². The third kappa shape index (κ3) is 6.30. The minimum Gasteiger partial charge on any atom is -0.480 e. The first-order valence-corrected chi connectivity index (χ1v) is 7.23. The molecule has 0 aliphatic carbocycles. The van der Waals surface area contributed by atoms with Crippen molar-refractivity contribution < 1.29 is 14.7 Å². The van der Waals surface area contributed by atoms with Crippen LogP contribution in [0.25, 0.3) is 0 Å². The molecule has 0 saturated heterocycles. The number of carbonyl (C=O) groups excluding carboxylic acids is 1. The van der Waals surface area contributed by atoms with Crippen LogP contribution in [0.3, 0.4) is 0 Å². The highest BCUT2D eigenvalue weighted by atomic mass is 32.2. The van der Waals surface area contributed by atoms with E-state index < -0.39 is 5.97 Å². The van der Waals surface area contributed by atoms with Crippen LogP contribution in [0.4, 0.5) is 0 Å². The summed E-state index contributed by atoms with van der Waals surface area (Å²) < 4.78 is 0. The summed E-state index contributed by atoms with van der Waals surface area (Å²) >= 11 is 1.67. The molecule has 5 heteroatoms. The van der Waals surface area contributed by atoms with Gasteiger partial charge in [-0.15, -0.1) is 18.2 Å². The van der Waals surface area contributed by atoms with Crippen LogP contribution >= 0.6 is 11.8 Å². The van der Waals surface area contributed by atoms with Crippen LogP contribution in [0.1, 0.15) is 12.8 Å². The predicted octanol–water partition coefficient (Wildman–Crippen LogP) is 2.11. The average molecular weight is 291 g/mol. The maximum absolute atomic E-state index is 11.8. The number of terminal acetylenes is 1. The summed E-state index contributed by atoms with van der Waals surface area (Å²) in [5.41, 5.74) is 0. The highest BCUT2D eigenvalue weighted by molar-refractivity contribution is 7.99. The van der Waals surface area contributed by atoms with Gasteiger partial charge in [-0.3, -0.25) is 9.59 Å². The molecular formula is C15H17NO3S. The van der Waals surface area contributed by atoms with Crippen molar-refractivity contribution in [1.82, 2.24) is 4.90 Å². The fraction of sp³-hybridized carbons (Fsp3) is 0.333. The molecule has 0 aliphatic rings. The molecule has 1 rings (SSSR count). The lowest BCUT2D eigenvalue weighted by molar-refractivity contribution is -0.144. The van der Waals surface area contributed by atoms with E-state index in [1.807, 2.05) is 30.3 Å². The number of rotatable bonds is 8. The fourth-order valence-electron chi connectivity index (χ4n) is 1.59. The molecule has 0 spiro atoms. The molecule has 4 nitrogen and oxygen atoms in total. The first-order valence-electron chi connectivity index (χ1n) is 6.24. The average Bonchev–Trinajstić information content (AvgIpc) is 2.43. The second-order valence-corrected chi connectivity index (χ2v) is 5.28. The van der Waals surface area contributed by atoms with Gasteiger partial charge in [-0.2, -0.15) is 0 Å². The van der Waals surface area contributed by atoms with E-state index in [1.54, 1.807) is 11.8 Å². The number of hydrogen-bond donors (Lipinski definition) is 1. The zero-order valence-corrected chi connectivity index (χ0v) is 11.9. The van der Waals surface area contributed by atoms with E-state index in [-0.39, 0.29) is 19.0 Å². The molecule has 0 bridgehead atoms. The van der Waals surface area contributed by atoms with Gasteiger partial charge in [-0.05, 0) is 24.3 Å². The Morgan fingerprint density at radius 1 is 1.30 bits per heavy atom. The first-order chi connectivity index (χ1) is 9.63. The zero-order valence-electron chi connectivity index (χ0n) is 11.1. The van der Waals surface area contributed by atoms with Crippen molar-refractivity contribution in [3.05, 3.63) is 30.3 Å². The van der Waals surface area contributed by atoms with Crippen molar-refractivity contribution in [2.45, 2.75) is 17.7 Å². The fourth-order valence-corrected chi connectivity index (χ4v) is 2.47. The van der Waals surface area contributed by atoms with E-state index in [0.717, 1.165) is 10.6 Å². The minimum absolute atomic E-state index is 0.0387. The van der Waals surface area contributed by atoms with E-state index in [9.17, 15) is 9.59 Å². The summed E-state index contributed by atoms with van der Waals surface area (Å²) in [5, 5.41) is 8.71. The summed E-state index contributed by atoms with van der Waals surface area (Å²) in [6, 6.07) is 9.92. The van der Waals surface area contributed by atoms with Crippen LogP contribution in [0.2, 0.25) is 0 Å². The second-order valence-electron chi connectivity index (χ2n) is 4.11. The minimum atomic E-state index is -1.05. The number of amides is 1. The summed E-state index contributed by atoms with van der Waals surface area (Å²) in [6.45, 7) is -0.300. The van der Waals surface area contributed by atoms with Gasteiger partial charge in [0.25, 0.3) is 0 Å². The number of nitrogens with zero attached hydrogens (tertiary/aromatic N) is 1. The molecule has 0 radical (unpaired) electrons. The number of carboxylic acids is 1. The highest BCUT2D eigenvalue weighted by Crippen LogP contribution is 2.18. The van der Waals surface area contributed by atoms with Gasteiger partial charge in [0, 0.05) is 11.3 Å². The summed E-state index contributed by atoms with van der Waals surface area (Å²) in [6.07, 6.45) is 6.14. The molecule has 1 aromatic rings. The van der Waals surface area contributed by atoms with E-state index >= 15 is 0 Å². The Labute approximate surface area is 123 Å². The van der Waals surface area contributed by atoms with Crippen molar-refractivity contribution in [2.24, 2.45) is 0 Å². The predicted molar refractivity (Wildman–Crippen MR) is 79.4 cm³/mol. The SMILES string of the molecule is C#CCN(CC(=O)O)C(=O)CCCSc1ccccc1. The van der Waals surface area contributed by atoms with E-state index in [1.165, 1.54) is 4.90 Å². The molecule has 0 fully saturated rings. The Kier molecular flexibility index (Phi) is 7.30. The monoisotopic (exact) mass is 291 g/mol. The third-order valence-electron chi connectivity index (χ3n) is 2.51. The van der Waals surface area contributed by atoms with Gasteiger partial charge in [-0.1, -0.05) is 24.1 Å². The Morgan fingerprint density at radius 3 is 2.60 bits per heavy atom. The van der Waals surface area contributed by atoms with Gasteiger partial charge in [0.15, 0.2) is 0 Å². The number of thioether (sulfide) groups is 1. The number of carbonyl (C=O) groups is 2. The van der Waals surface area contributed by atoms with Gasteiger partial charge >= 0.3 is 5.97 Å². The lowest BCUT2D eigenvalue weighted by Crippen LogP contribution is -2.35. The number of aliphatic carboxylic acids is 1. The van der Waals surface area contributed by atoms with Gasteiger partial charge in [0.05, 0.1) is 6.54 Å². The van der Waals surface area contributed by atoms with Crippen LogP contribution in [0, 0.1) is 12.3 Å². The maximum Gasteiger partial charge on any atom is 0.323 e. The smallest absolute Gasteiger partial charge is 0.323 e. The Bertz CT molecular complexity index is 482. The quantitative estimate of drug-likeness (QED) is 0.453. The topological polar surface area (TPSA) is 57.6 Å². The summed E-state index contributed by atoms with van der Waals surface area (Å²) in [7, 11) is 0. The van der Waals surface area contributed by atoms with Gasteiger partial charge in [0.2, 0.25) is 5.91 Å². The van der Waals surface area contributed by atoms with Crippen LogP contribution in [0.5, 0.6) is 0 Å². The second kappa shape index (κ2) is 9.05. The molecule has 0 saturated carbocycles. The van der Waals surface area contributed by atoms with Crippen LogP contribution in [-0.2, 0) is 9.59 Å². The van der Waals surface area contributed by atoms with Gasteiger partial charge in [0.1, 0.15) is 6.54 Å². The standard InChI is InChI=1S/C15H17NO3S/c1-2-10-16(12-15(18)19)14(17)9-6-11-20-13-7-4-3-5-8-13/h1,3-5,7-8H,6,9-12H2,(H,18,19). The Hall–Kier alpha value is -1.93. The Balaban J connectivity index is 2.30. The molecule has 0 aromatic heterocycles. The van der Waals surface area contributed by atoms with Crippen molar-refractivity contribution in [3.8, 4) is 12.3 Å². The maximum atomic E-state index is 11.8. The molecule has 0 atom stereocenters. The highest BCUT2D eigenvalue weighted by Gasteiger charge is 2.15. The molecule has 106 valence electrons. The van der Waals surface area contributed by atoms with E-state index in [4.69, 9.17) is 11.5 Å². The molecule has 0 heterocycles. The summed E-state index contributed by atoms with van der Waals surface area (Å²) in [4.78, 5) is 24.8. The number of hydrogen-bond acceptors (Lipinski definition) is 3. The van der Waals surface area contributed by atoms with Gasteiger partial charge in [-0.25, -0.2) is 0 Å². The van der Waals surface area contributed by atoms with E-state index in [2.05, 4.69) is 5.92 Å². The number of benzene rings is 1. The molecule has 20 heavy (non-hydrogen) atoms. The molecule has 1 N–H and O–H groups in total. The van der Waals surface area contributed by atoms with Crippen molar-refractivity contribution in [2.75, 3.05) is 18.8 Å². The Morgan fingerprint density at radius 2 is 2.00 bits per heavy atom. The van der Waals surface area contributed by atoms with Crippen molar-refractivity contribution >= 4 is 23.6 Å². The zero-order chi connectivity index (χ0) is 14.8. The lowest BCUT2D eigenvalue weighted by atomic mass is 10.3.